The molecule has 1 aliphatic heterocycles. The Labute approximate surface area is 153 Å². The molecule has 1 amide bonds. The number of nitrogens with two attached hydrogens (primary N) is 1. The third kappa shape index (κ3) is 2.80. The molecule has 0 fully saturated rings. The molecule has 1 atom stereocenters. The van der Waals surface area contributed by atoms with Crippen molar-refractivity contribution in [1.29, 1.82) is 0 Å². The Morgan fingerprint density at radius 1 is 1.29 bits per heavy atom. The molecule has 2 aromatic carbocycles. The lowest BCUT2D eigenvalue weighted by atomic mass is 9.99. The van der Waals surface area contributed by atoms with Gasteiger partial charge in [-0.15, -0.1) is 0 Å². The van der Waals surface area contributed by atoms with Crippen molar-refractivity contribution in [3.8, 4) is 0 Å². The number of rotatable bonds is 3. The van der Waals surface area contributed by atoms with E-state index in [4.69, 9.17) is 5.73 Å². The van der Waals surface area contributed by atoms with Crippen molar-refractivity contribution in [2.75, 3.05) is 5.32 Å². The van der Waals surface area contributed by atoms with E-state index >= 15 is 0 Å². The van der Waals surface area contributed by atoms with E-state index in [1.165, 1.54) is 0 Å². The normalized spacial score (nSPS) is 15.9. The number of carbonyl (C=O) groups is 1. The van der Waals surface area contributed by atoms with Crippen LogP contribution in [0.5, 0.6) is 0 Å². The highest BCUT2D eigenvalue weighted by atomic mass is 79.9. The zero-order chi connectivity index (χ0) is 17.4. The zero-order valence-corrected chi connectivity index (χ0v) is 15.2. The Kier molecular flexibility index (Phi) is 4.37. The topological polar surface area (TPSA) is 111 Å². The zero-order valence-electron chi connectivity index (χ0n) is 12.0. The van der Waals surface area contributed by atoms with Crippen LogP contribution >= 0.6 is 31.9 Å². The minimum atomic E-state index is -0.882. The first kappa shape index (κ1) is 16.6. The summed E-state index contributed by atoms with van der Waals surface area (Å²) in [6.45, 7) is 0. The summed E-state index contributed by atoms with van der Waals surface area (Å²) in [4.78, 5) is 27.2. The van der Waals surface area contributed by atoms with Crippen molar-refractivity contribution < 1.29 is 9.72 Å². The third-order valence-corrected chi connectivity index (χ3v) is 5.47. The number of fused-ring (bicyclic) bond motifs is 1. The predicted octanol–water partition coefficient (Wildman–Crippen LogP) is 3.52. The number of nitrogens with one attached hydrogen (secondary N) is 1. The summed E-state index contributed by atoms with van der Waals surface area (Å²) < 4.78 is 0.753. The monoisotopic (exact) mass is 452 g/mol. The van der Waals surface area contributed by atoms with Crippen LogP contribution in [0.2, 0.25) is 0 Å². The van der Waals surface area contributed by atoms with Crippen molar-refractivity contribution in [2.45, 2.75) is 6.04 Å². The number of nitrogens with zero attached hydrogens (tertiary/aromatic N) is 2. The van der Waals surface area contributed by atoms with Crippen LogP contribution in [0.4, 0.5) is 17.1 Å². The summed E-state index contributed by atoms with van der Waals surface area (Å²) in [5.41, 5.74) is 6.80. The molecule has 2 aromatic rings. The summed E-state index contributed by atoms with van der Waals surface area (Å²) in [7, 11) is 0. The number of hydrogen-bond donors (Lipinski definition) is 2. The number of nitro groups is 1. The molecule has 1 aliphatic rings. The van der Waals surface area contributed by atoms with Gasteiger partial charge in [0.2, 0.25) is 5.91 Å². The van der Waals surface area contributed by atoms with Crippen molar-refractivity contribution in [1.82, 2.24) is 0 Å². The molecule has 0 saturated heterocycles. The van der Waals surface area contributed by atoms with Gasteiger partial charge in [-0.25, -0.2) is 4.99 Å². The fourth-order valence-electron chi connectivity index (χ4n) is 2.45. The standard InChI is InChI=1S/C15H10Br2N4O3/c16-8-6-9-12(14(10(8)17)21(23)24)20-11(13(19-9)15(18)22)7-4-2-1-3-5-7/h1-6,13,19H,(H2,18,22). The smallest absolute Gasteiger partial charge is 0.312 e. The number of benzene rings is 2. The maximum Gasteiger partial charge on any atom is 0.312 e. The van der Waals surface area contributed by atoms with Gasteiger partial charge < -0.3 is 11.1 Å². The highest BCUT2D eigenvalue weighted by molar-refractivity contribution is 9.13. The van der Waals surface area contributed by atoms with Crippen LogP contribution in [0.15, 0.2) is 50.3 Å². The largest absolute Gasteiger partial charge is 0.368 e. The molecule has 1 unspecified atom stereocenters. The minimum absolute atomic E-state index is 0.145. The van der Waals surface area contributed by atoms with Gasteiger partial charge in [-0.05, 0) is 43.5 Å². The fraction of sp³-hybridized carbons (Fsp3) is 0.0667. The van der Waals surface area contributed by atoms with Crippen LogP contribution in [0.25, 0.3) is 0 Å². The van der Waals surface area contributed by atoms with Crippen LogP contribution < -0.4 is 11.1 Å². The second-order valence-electron chi connectivity index (χ2n) is 5.02. The Morgan fingerprint density at radius 3 is 2.54 bits per heavy atom. The van der Waals surface area contributed by atoms with Gasteiger partial charge in [-0.3, -0.25) is 14.9 Å². The molecule has 0 aliphatic carbocycles. The van der Waals surface area contributed by atoms with Crippen LogP contribution in [0, 0.1) is 10.1 Å². The lowest BCUT2D eigenvalue weighted by molar-refractivity contribution is -0.384. The maximum absolute atomic E-state index is 11.8. The number of amides is 1. The molecule has 3 rings (SSSR count). The highest BCUT2D eigenvalue weighted by Crippen LogP contribution is 2.47. The Morgan fingerprint density at radius 2 is 1.96 bits per heavy atom. The van der Waals surface area contributed by atoms with Gasteiger partial charge in [0, 0.05) is 4.47 Å². The van der Waals surface area contributed by atoms with E-state index in [1.54, 1.807) is 30.3 Å². The lowest BCUT2D eigenvalue weighted by Crippen LogP contribution is -2.44. The SMILES string of the molecule is NC(=O)C1Nc2cc(Br)c(Br)c([N+](=O)[O-])c2N=C1c1ccccc1. The van der Waals surface area contributed by atoms with Crippen LogP contribution in [0.1, 0.15) is 5.56 Å². The van der Waals surface area contributed by atoms with E-state index in [2.05, 4.69) is 42.2 Å². The first-order valence-electron chi connectivity index (χ1n) is 6.76. The number of carbonyl (C=O) groups excluding carboxylic acids is 1. The van der Waals surface area contributed by atoms with Crippen molar-refractivity contribution >= 4 is 60.5 Å². The average Bonchev–Trinajstić information content (AvgIpc) is 2.55. The summed E-state index contributed by atoms with van der Waals surface area (Å²) in [6.07, 6.45) is 0. The van der Waals surface area contributed by atoms with Gasteiger partial charge in [0.15, 0.2) is 5.69 Å². The van der Waals surface area contributed by atoms with Gasteiger partial charge in [0.1, 0.15) is 10.5 Å². The molecule has 0 saturated carbocycles. The van der Waals surface area contributed by atoms with Gasteiger partial charge in [0.25, 0.3) is 0 Å². The Bertz CT molecular complexity index is 884. The van der Waals surface area contributed by atoms with Gasteiger partial charge in [-0.1, -0.05) is 30.3 Å². The first-order chi connectivity index (χ1) is 11.4. The Hall–Kier alpha value is -2.26. The number of primary amides is 1. The molecule has 24 heavy (non-hydrogen) atoms. The fourth-order valence-corrected chi connectivity index (χ4v) is 3.31. The summed E-state index contributed by atoms with van der Waals surface area (Å²) in [5.74, 6) is -0.620. The molecule has 0 spiro atoms. The predicted molar refractivity (Wildman–Crippen MR) is 97.7 cm³/mol. The molecular weight excluding hydrogens is 444 g/mol. The number of halogens is 2. The maximum atomic E-state index is 11.8. The summed E-state index contributed by atoms with van der Waals surface area (Å²) in [5, 5.41) is 14.4. The molecule has 9 heteroatoms. The van der Waals surface area contributed by atoms with E-state index in [0.717, 1.165) is 0 Å². The summed E-state index contributed by atoms with van der Waals surface area (Å²) in [6, 6.07) is 9.67. The number of aliphatic imine (C=N–C) groups is 1. The highest BCUT2D eigenvalue weighted by Gasteiger charge is 2.34. The average molecular weight is 454 g/mol. The van der Waals surface area contributed by atoms with E-state index < -0.39 is 16.9 Å². The molecular formula is C15H10Br2N4O3. The van der Waals surface area contributed by atoms with Gasteiger partial charge in [-0.2, -0.15) is 0 Å². The van der Waals surface area contributed by atoms with E-state index in [1.807, 2.05) is 6.07 Å². The quantitative estimate of drug-likeness (QED) is 0.547. The van der Waals surface area contributed by atoms with Crippen LogP contribution in [-0.2, 0) is 4.79 Å². The molecule has 7 nitrogen and oxygen atoms in total. The second-order valence-corrected chi connectivity index (χ2v) is 6.66. The lowest BCUT2D eigenvalue weighted by Gasteiger charge is -2.25. The number of hydrogen-bond acceptors (Lipinski definition) is 5. The molecule has 1 heterocycles. The van der Waals surface area contributed by atoms with Gasteiger partial charge in [0.05, 0.1) is 16.3 Å². The van der Waals surface area contributed by atoms with Crippen molar-refractivity contribution in [3.05, 3.63) is 61.0 Å². The third-order valence-electron chi connectivity index (χ3n) is 3.51. The van der Waals surface area contributed by atoms with Crippen LogP contribution in [-0.4, -0.2) is 22.6 Å². The summed E-state index contributed by atoms with van der Waals surface area (Å²) >= 11 is 6.46. The molecule has 0 radical (unpaired) electrons. The van der Waals surface area contributed by atoms with Gasteiger partial charge >= 0.3 is 5.69 Å². The Balaban J connectivity index is 2.29. The van der Waals surface area contributed by atoms with Crippen LogP contribution in [0.3, 0.4) is 0 Å². The molecule has 3 N–H and O–H groups in total. The molecule has 0 aromatic heterocycles. The van der Waals surface area contributed by atoms with Crippen molar-refractivity contribution in [2.24, 2.45) is 10.7 Å². The van der Waals surface area contributed by atoms with Crippen molar-refractivity contribution in [3.63, 3.8) is 0 Å². The number of anilines is 1. The van der Waals surface area contributed by atoms with E-state index in [-0.39, 0.29) is 15.8 Å². The molecule has 122 valence electrons. The minimum Gasteiger partial charge on any atom is -0.368 e. The second kappa shape index (κ2) is 6.33. The van der Waals surface area contributed by atoms with E-state index in [0.29, 0.717) is 21.4 Å². The number of nitro benzene ring substituents is 1. The van der Waals surface area contributed by atoms with E-state index in [9.17, 15) is 14.9 Å². The molecule has 0 bridgehead atoms. The first-order valence-corrected chi connectivity index (χ1v) is 8.35.